The second kappa shape index (κ2) is 6.98. The van der Waals surface area contributed by atoms with Crippen LogP contribution in [0, 0.1) is 12.8 Å². The van der Waals surface area contributed by atoms with Gasteiger partial charge in [-0.05, 0) is 17.7 Å². The first kappa shape index (κ1) is 16.4. The molecule has 2 N–H and O–H groups in total. The number of carbonyl (C=O) groups excluding carboxylic acids is 1. The summed E-state index contributed by atoms with van der Waals surface area (Å²) in [6.45, 7) is 2.59. The molecule has 1 saturated heterocycles. The molecule has 3 rings (SSSR count). The number of rotatable bonds is 5. The molecular weight excluding hydrogens is 310 g/mol. The Labute approximate surface area is 140 Å². The smallest absolute Gasteiger partial charge is 0.229 e. The number of nitrogens with zero attached hydrogens (tertiary/aromatic N) is 3. The number of methoxy groups -OCH3 is 1. The molecule has 0 bridgehead atoms. The molecule has 128 valence electrons. The van der Waals surface area contributed by atoms with Gasteiger partial charge in [0.2, 0.25) is 11.8 Å². The molecule has 0 aliphatic carbocycles. The molecule has 1 fully saturated rings. The molecule has 0 saturated carbocycles. The zero-order valence-electron chi connectivity index (χ0n) is 13.9. The summed E-state index contributed by atoms with van der Waals surface area (Å²) in [6.07, 6.45) is 0. The summed E-state index contributed by atoms with van der Waals surface area (Å²) in [7, 11) is 3.37. The van der Waals surface area contributed by atoms with E-state index >= 15 is 0 Å². The summed E-state index contributed by atoms with van der Waals surface area (Å²) < 4.78 is 10.2. The molecule has 24 heavy (non-hydrogen) atoms. The highest BCUT2D eigenvalue weighted by Crippen LogP contribution is 2.28. The summed E-state index contributed by atoms with van der Waals surface area (Å²) in [4.78, 5) is 18.6. The van der Waals surface area contributed by atoms with E-state index < -0.39 is 0 Å². The fourth-order valence-electron chi connectivity index (χ4n) is 2.86. The third-order valence-corrected chi connectivity index (χ3v) is 4.08. The number of hydrogen-bond donors (Lipinski definition) is 2. The van der Waals surface area contributed by atoms with Crippen molar-refractivity contribution in [2.45, 2.75) is 19.5 Å². The Hall–Kier alpha value is -2.45. The molecule has 0 radical (unpaired) electrons. The number of hydrazine groups is 1. The van der Waals surface area contributed by atoms with E-state index in [0.717, 1.165) is 11.3 Å². The van der Waals surface area contributed by atoms with Gasteiger partial charge in [-0.15, -0.1) is 0 Å². The number of aryl methyl sites for hydroxylation is 1. The van der Waals surface area contributed by atoms with Crippen LogP contribution in [0.25, 0.3) is 0 Å². The Kier molecular flexibility index (Phi) is 4.77. The fourth-order valence-corrected chi connectivity index (χ4v) is 2.86. The van der Waals surface area contributed by atoms with Crippen LogP contribution in [0.5, 0.6) is 5.75 Å². The van der Waals surface area contributed by atoms with E-state index in [1.807, 2.05) is 24.3 Å². The Bertz CT molecular complexity index is 717. The van der Waals surface area contributed by atoms with Crippen LogP contribution < -0.4 is 15.6 Å². The van der Waals surface area contributed by atoms with Gasteiger partial charge in [0.25, 0.3) is 0 Å². The molecule has 1 amide bonds. The predicted molar refractivity (Wildman–Crippen MR) is 85.9 cm³/mol. The van der Waals surface area contributed by atoms with Gasteiger partial charge in [0.05, 0.1) is 25.6 Å². The molecule has 1 aliphatic rings. The van der Waals surface area contributed by atoms with Gasteiger partial charge in [-0.25, -0.2) is 5.43 Å². The first-order valence-electron chi connectivity index (χ1n) is 7.75. The molecule has 1 aliphatic heterocycles. The zero-order chi connectivity index (χ0) is 17.1. The fraction of sp³-hybridized carbons (Fsp3) is 0.438. The average Bonchev–Trinajstić information content (AvgIpc) is 3.23. The number of aromatic nitrogens is 2. The van der Waals surface area contributed by atoms with Crippen LogP contribution in [0.4, 0.5) is 0 Å². The topological polar surface area (TPSA) is 92.5 Å². The summed E-state index contributed by atoms with van der Waals surface area (Å²) >= 11 is 0. The predicted octanol–water partition coefficient (Wildman–Crippen LogP) is 0.810. The third kappa shape index (κ3) is 3.39. The number of amides is 1. The highest BCUT2D eigenvalue weighted by Gasteiger charge is 2.36. The van der Waals surface area contributed by atoms with Crippen LogP contribution in [0.2, 0.25) is 0 Å². The zero-order valence-corrected chi connectivity index (χ0v) is 13.9. The van der Waals surface area contributed by atoms with Gasteiger partial charge in [0.1, 0.15) is 5.75 Å². The van der Waals surface area contributed by atoms with Gasteiger partial charge >= 0.3 is 0 Å². The Balaban J connectivity index is 1.73. The molecule has 1 aromatic heterocycles. The first-order valence-corrected chi connectivity index (χ1v) is 7.75. The van der Waals surface area contributed by atoms with Crippen molar-refractivity contribution in [1.82, 2.24) is 25.9 Å². The van der Waals surface area contributed by atoms with Crippen LogP contribution >= 0.6 is 0 Å². The van der Waals surface area contributed by atoms with Crippen LogP contribution in [0.1, 0.15) is 23.3 Å². The second-order valence-corrected chi connectivity index (χ2v) is 5.81. The lowest BCUT2D eigenvalue weighted by molar-refractivity contribution is -0.134. The summed E-state index contributed by atoms with van der Waals surface area (Å²) in [6, 6.07) is 7.60. The largest absolute Gasteiger partial charge is 0.497 e. The highest BCUT2D eigenvalue weighted by atomic mass is 16.5. The minimum Gasteiger partial charge on any atom is -0.497 e. The molecular formula is C16H21N5O3. The number of ether oxygens (including phenoxy) is 1. The van der Waals surface area contributed by atoms with Crippen molar-refractivity contribution in [3.05, 3.63) is 41.5 Å². The second-order valence-electron chi connectivity index (χ2n) is 5.81. The van der Waals surface area contributed by atoms with Crippen molar-refractivity contribution in [3.8, 4) is 5.75 Å². The normalized spacial score (nSPS) is 20.1. The average molecular weight is 331 g/mol. The van der Waals surface area contributed by atoms with E-state index in [1.165, 1.54) is 0 Å². The number of hydrogen-bond acceptors (Lipinski definition) is 7. The minimum atomic E-state index is -0.227. The highest BCUT2D eigenvalue weighted by molar-refractivity contribution is 5.80. The summed E-state index contributed by atoms with van der Waals surface area (Å²) in [5.41, 5.74) is 7.25. The van der Waals surface area contributed by atoms with Crippen molar-refractivity contribution in [3.63, 3.8) is 0 Å². The number of benzene rings is 1. The summed E-state index contributed by atoms with van der Waals surface area (Å²) in [5, 5.41) is 3.84. The van der Waals surface area contributed by atoms with Crippen LogP contribution in [-0.4, -0.2) is 41.6 Å². The van der Waals surface area contributed by atoms with Gasteiger partial charge in [0, 0.05) is 20.5 Å². The van der Waals surface area contributed by atoms with E-state index in [9.17, 15) is 4.79 Å². The van der Waals surface area contributed by atoms with Crippen molar-refractivity contribution < 1.29 is 14.1 Å². The monoisotopic (exact) mass is 331 g/mol. The quantitative estimate of drug-likeness (QED) is 0.837. The summed E-state index contributed by atoms with van der Waals surface area (Å²) in [5.74, 6) is 1.55. The Morgan fingerprint density at radius 2 is 2.33 bits per heavy atom. The molecule has 2 atom stereocenters. The van der Waals surface area contributed by atoms with Crippen molar-refractivity contribution in [1.29, 1.82) is 0 Å². The lowest BCUT2D eigenvalue weighted by atomic mass is 9.93. The third-order valence-electron chi connectivity index (χ3n) is 4.08. The molecule has 2 unspecified atom stereocenters. The van der Waals surface area contributed by atoms with Gasteiger partial charge in [0.15, 0.2) is 5.82 Å². The van der Waals surface area contributed by atoms with Gasteiger partial charge < -0.3 is 14.2 Å². The first-order chi connectivity index (χ1) is 11.6. The molecule has 1 aromatic carbocycles. The molecule has 0 spiro atoms. The van der Waals surface area contributed by atoms with Gasteiger partial charge in [-0.1, -0.05) is 17.3 Å². The van der Waals surface area contributed by atoms with Crippen molar-refractivity contribution >= 4 is 5.91 Å². The van der Waals surface area contributed by atoms with Gasteiger partial charge in [-0.2, -0.15) is 4.98 Å². The Morgan fingerprint density at radius 1 is 1.50 bits per heavy atom. The van der Waals surface area contributed by atoms with E-state index in [-0.39, 0.29) is 17.9 Å². The van der Waals surface area contributed by atoms with E-state index in [1.54, 1.807) is 26.0 Å². The maximum atomic E-state index is 12.8. The van der Waals surface area contributed by atoms with E-state index in [0.29, 0.717) is 24.8 Å². The van der Waals surface area contributed by atoms with Crippen molar-refractivity contribution in [2.75, 3.05) is 20.7 Å². The maximum Gasteiger partial charge on any atom is 0.229 e. The number of nitrogens with one attached hydrogen (secondary N) is 2. The Morgan fingerprint density at radius 3 is 3.04 bits per heavy atom. The van der Waals surface area contributed by atoms with E-state index in [2.05, 4.69) is 21.0 Å². The number of carbonyl (C=O) groups is 1. The standard InChI is InChI=1S/C16H21N5O3/c1-10-18-14(20-24-10)9-21(2)16(22)13-8-17-19-15(13)11-5-4-6-12(7-11)23-3/h4-7,13,15,17,19H,8-9H2,1-3H3. The molecule has 8 heteroatoms. The minimum absolute atomic E-state index is 0.0165. The van der Waals surface area contributed by atoms with E-state index in [4.69, 9.17) is 9.26 Å². The SMILES string of the molecule is COc1cccc(C2NNCC2C(=O)N(C)Cc2noc(C)n2)c1. The lowest BCUT2D eigenvalue weighted by Crippen LogP contribution is -2.36. The van der Waals surface area contributed by atoms with Crippen LogP contribution in [0.15, 0.2) is 28.8 Å². The van der Waals surface area contributed by atoms with Crippen LogP contribution in [0.3, 0.4) is 0 Å². The van der Waals surface area contributed by atoms with Crippen molar-refractivity contribution in [2.24, 2.45) is 5.92 Å². The molecule has 2 aromatic rings. The van der Waals surface area contributed by atoms with Crippen LogP contribution in [-0.2, 0) is 11.3 Å². The molecule has 2 heterocycles. The lowest BCUT2D eigenvalue weighted by Gasteiger charge is -2.23. The van der Waals surface area contributed by atoms with Gasteiger partial charge in [-0.3, -0.25) is 10.2 Å². The molecule has 8 nitrogen and oxygen atoms in total. The maximum absolute atomic E-state index is 12.8.